The van der Waals surface area contributed by atoms with Crippen LogP contribution in [0.2, 0.25) is 0 Å². The molecule has 0 aliphatic rings. The van der Waals surface area contributed by atoms with E-state index in [2.05, 4.69) is 25.5 Å². The van der Waals surface area contributed by atoms with E-state index in [1.54, 1.807) is 37.7 Å². The lowest BCUT2D eigenvalue weighted by Crippen LogP contribution is -2.34. The molecular weight excluding hydrogens is 366 g/mol. The monoisotopic (exact) mass is 391 g/mol. The summed E-state index contributed by atoms with van der Waals surface area (Å²) in [6.07, 6.45) is 3.32. The van der Waals surface area contributed by atoms with Gasteiger partial charge in [-0.3, -0.25) is 4.79 Å². The Hall–Kier alpha value is -3.45. The van der Waals surface area contributed by atoms with Crippen molar-refractivity contribution in [2.75, 3.05) is 33.1 Å². The number of hydrogen-bond acceptors (Lipinski definition) is 6. The summed E-state index contributed by atoms with van der Waals surface area (Å²) < 4.78 is 5.32. The van der Waals surface area contributed by atoms with E-state index >= 15 is 0 Å². The minimum absolute atomic E-state index is 0.0214. The third-order valence-corrected chi connectivity index (χ3v) is 4.50. The lowest BCUT2D eigenvalue weighted by atomic mass is 10.1. The minimum Gasteiger partial charge on any atom is -0.497 e. The molecule has 3 rings (SSSR count). The number of rotatable bonds is 8. The standard InChI is InChI=1S/C22H25N5O2/c1-27(2)20(16-7-5-10-19(14-16)29-3)15-25-21(28)17-8-4-9-18(13-17)26-22-23-11-6-12-24-22/h4-14,20H,15H2,1-3H3,(H,25,28)(H,23,24,26)/t20-/m0/s1. The van der Waals surface area contributed by atoms with Gasteiger partial charge in [-0.25, -0.2) is 9.97 Å². The van der Waals surface area contributed by atoms with Crippen molar-refractivity contribution in [3.63, 3.8) is 0 Å². The number of likely N-dealkylation sites (N-methyl/N-ethyl adjacent to an activating group) is 1. The summed E-state index contributed by atoms with van der Waals surface area (Å²) in [5.74, 6) is 1.13. The number of carbonyl (C=O) groups excluding carboxylic acids is 1. The van der Waals surface area contributed by atoms with Gasteiger partial charge in [0.15, 0.2) is 0 Å². The number of amides is 1. The molecule has 0 radical (unpaired) electrons. The number of aromatic nitrogens is 2. The largest absolute Gasteiger partial charge is 0.497 e. The normalized spacial score (nSPS) is 11.7. The molecule has 0 aliphatic heterocycles. The van der Waals surface area contributed by atoms with Gasteiger partial charge in [0, 0.05) is 30.2 Å². The molecule has 1 amide bonds. The molecule has 150 valence electrons. The maximum Gasteiger partial charge on any atom is 0.251 e. The predicted molar refractivity (Wildman–Crippen MR) is 114 cm³/mol. The number of anilines is 2. The molecular formula is C22H25N5O2. The molecule has 2 N–H and O–H groups in total. The van der Waals surface area contributed by atoms with Crippen LogP contribution in [0.5, 0.6) is 5.75 Å². The first-order chi connectivity index (χ1) is 14.1. The molecule has 29 heavy (non-hydrogen) atoms. The first-order valence-corrected chi connectivity index (χ1v) is 9.29. The Balaban J connectivity index is 1.68. The van der Waals surface area contributed by atoms with Gasteiger partial charge in [-0.15, -0.1) is 0 Å². The second-order valence-electron chi connectivity index (χ2n) is 6.74. The van der Waals surface area contributed by atoms with Crippen molar-refractivity contribution in [3.05, 3.63) is 78.1 Å². The topological polar surface area (TPSA) is 79.4 Å². The molecule has 1 aromatic heterocycles. The maximum atomic E-state index is 12.7. The highest BCUT2D eigenvalue weighted by Crippen LogP contribution is 2.22. The zero-order valence-electron chi connectivity index (χ0n) is 16.8. The number of nitrogens with zero attached hydrogens (tertiary/aromatic N) is 3. The molecule has 1 atom stereocenters. The highest BCUT2D eigenvalue weighted by molar-refractivity contribution is 5.95. The van der Waals surface area contributed by atoms with Crippen LogP contribution in [-0.2, 0) is 0 Å². The molecule has 0 aliphatic carbocycles. The molecule has 0 bridgehead atoms. The highest BCUT2D eigenvalue weighted by Gasteiger charge is 2.17. The fraction of sp³-hybridized carbons (Fsp3) is 0.227. The maximum absolute atomic E-state index is 12.7. The quantitative estimate of drug-likeness (QED) is 0.614. The van der Waals surface area contributed by atoms with E-state index in [-0.39, 0.29) is 11.9 Å². The Bertz CT molecular complexity index is 947. The average molecular weight is 391 g/mol. The van der Waals surface area contributed by atoms with Crippen LogP contribution in [0.3, 0.4) is 0 Å². The predicted octanol–water partition coefficient (Wildman–Crippen LogP) is 3.26. The van der Waals surface area contributed by atoms with Gasteiger partial charge in [0.2, 0.25) is 5.95 Å². The Kier molecular flexibility index (Phi) is 6.76. The molecule has 1 heterocycles. The minimum atomic E-state index is -0.141. The van der Waals surface area contributed by atoms with Gasteiger partial charge in [0.1, 0.15) is 5.75 Å². The third kappa shape index (κ3) is 5.52. The summed E-state index contributed by atoms with van der Waals surface area (Å²) in [6.45, 7) is 0.471. The number of hydrogen-bond donors (Lipinski definition) is 2. The third-order valence-electron chi connectivity index (χ3n) is 4.50. The molecule has 0 fully saturated rings. The molecule has 2 aromatic carbocycles. The fourth-order valence-corrected chi connectivity index (χ4v) is 2.97. The van der Waals surface area contributed by atoms with Crippen molar-refractivity contribution in [3.8, 4) is 5.75 Å². The van der Waals surface area contributed by atoms with E-state index < -0.39 is 0 Å². The van der Waals surface area contributed by atoms with Crippen molar-refractivity contribution in [1.29, 1.82) is 0 Å². The van der Waals surface area contributed by atoms with E-state index in [0.29, 0.717) is 18.1 Å². The van der Waals surface area contributed by atoms with Crippen molar-refractivity contribution >= 4 is 17.5 Å². The first-order valence-electron chi connectivity index (χ1n) is 9.29. The zero-order valence-corrected chi connectivity index (χ0v) is 16.8. The summed E-state index contributed by atoms with van der Waals surface area (Å²) in [7, 11) is 5.62. The van der Waals surface area contributed by atoms with Crippen LogP contribution in [0.25, 0.3) is 0 Å². The highest BCUT2D eigenvalue weighted by atomic mass is 16.5. The smallest absolute Gasteiger partial charge is 0.251 e. The molecule has 0 spiro atoms. The number of ether oxygens (including phenoxy) is 1. The molecule has 0 saturated heterocycles. The van der Waals surface area contributed by atoms with Crippen molar-refractivity contribution in [1.82, 2.24) is 20.2 Å². The number of benzene rings is 2. The van der Waals surface area contributed by atoms with Gasteiger partial charge in [0.05, 0.1) is 13.2 Å². The van der Waals surface area contributed by atoms with Crippen LogP contribution < -0.4 is 15.4 Å². The van der Waals surface area contributed by atoms with Gasteiger partial charge in [-0.2, -0.15) is 0 Å². The lowest BCUT2D eigenvalue weighted by Gasteiger charge is -2.25. The summed E-state index contributed by atoms with van der Waals surface area (Å²) in [5, 5.41) is 6.12. The van der Waals surface area contributed by atoms with E-state index in [9.17, 15) is 4.79 Å². The van der Waals surface area contributed by atoms with Gasteiger partial charge in [-0.05, 0) is 56.1 Å². The zero-order chi connectivity index (χ0) is 20.6. The van der Waals surface area contributed by atoms with Crippen molar-refractivity contribution in [2.24, 2.45) is 0 Å². The fourth-order valence-electron chi connectivity index (χ4n) is 2.97. The van der Waals surface area contributed by atoms with Crippen LogP contribution in [0.4, 0.5) is 11.6 Å². The SMILES string of the molecule is COc1cccc([C@H](CNC(=O)c2cccc(Nc3ncccn3)c2)N(C)C)c1. The second kappa shape index (κ2) is 9.66. The Morgan fingerprint density at radius 1 is 1.07 bits per heavy atom. The molecule has 7 heteroatoms. The molecule has 7 nitrogen and oxygen atoms in total. The summed E-state index contributed by atoms with van der Waals surface area (Å²) >= 11 is 0. The van der Waals surface area contributed by atoms with Gasteiger partial charge >= 0.3 is 0 Å². The second-order valence-corrected chi connectivity index (χ2v) is 6.74. The number of carbonyl (C=O) groups is 1. The lowest BCUT2D eigenvalue weighted by molar-refractivity contribution is 0.0942. The van der Waals surface area contributed by atoms with E-state index in [1.165, 1.54) is 0 Å². The Labute approximate surface area is 170 Å². The molecule has 0 saturated carbocycles. The van der Waals surface area contributed by atoms with Crippen LogP contribution in [0, 0.1) is 0 Å². The van der Waals surface area contributed by atoms with Crippen molar-refractivity contribution in [2.45, 2.75) is 6.04 Å². The van der Waals surface area contributed by atoms with E-state index in [1.807, 2.05) is 50.5 Å². The summed E-state index contributed by atoms with van der Waals surface area (Å²) in [6, 6.07) is 16.9. The van der Waals surface area contributed by atoms with Crippen LogP contribution in [0.1, 0.15) is 22.0 Å². The van der Waals surface area contributed by atoms with Gasteiger partial charge < -0.3 is 20.3 Å². The summed E-state index contributed by atoms with van der Waals surface area (Å²) in [4.78, 5) is 23.1. The average Bonchev–Trinajstić information content (AvgIpc) is 2.74. The van der Waals surface area contributed by atoms with Crippen LogP contribution in [-0.4, -0.2) is 48.5 Å². The van der Waals surface area contributed by atoms with Crippen LogP contribution >= 0.6 is 0 Å². The van der Waals surface area contributed by atoms with Crippen LogP contribution in [0.15, 0.2) is 67.0 Å². The number of methoxy groups -OCH3 is 1. The summed E-state index contributed by atoms with van der Waals surface area (Å²) in [5.41, 5.74) is 2.39. The van der Waals surface area contributed by atoms with Gasteiger partial charge in [-0.1, -0.05) is 18.2 Å². The first kappa shape index (κ1) is 20.3. The Morgan fingerprint density at radius 3 is 2.55 bits per heavy atom. The molecule has 0 unspecified atom stereocenters. The van der Waals surface area contributed by atoms with Gasteiger partial charge in [0.25, 0.3) is 5.91 Å². The molecule has 3 aromatic rings. The van der Waals surface area contributed by atoms with E-state index in [0.717, 1.165) is 17.0 Å². The number of nitrogens with one attached hydrogen (secondary N) is 2. The Morgan fingerprint density at radius 2 is 1.83 bits per heavy atom. The van der Waals surface area contributed by atoms with E-state index in [4.69, 9.17) is 4.74 Å². The van der Waals surface area contributed by atoms with Crippen molar-refractivity contribution < 1.29 is 9.53 Å².